The fraction of sp³-hybridized carbons (Fsp3) is 0.125. The highest BCUT2D eigenvalue weighted by Gasteiger charge is 2.17. The maximum Gasteiger partial charge on any atom is 0.124 e. The zero-order valence-corrected chi connectivity index (χ0v) is 11.7. The van der Waals surface area contributed by atoms with Gasteiger partial charge in [-0.1, -0.05) is 36.4 Å². The van der Waals surface area contributed by atoms with E-state index in [0.29, 0.717) is 5.69 Å². The summed E-state index contributed by atoms with van der Waals surface area (Å²) in [5.41, 5.74) is 8.77. The largest absolute Gasteiger partial charge is 0.496 e. The van der Waals surface area contributed by atoms with Crippen LogP contribution in [0.5, 0.6) is 5.75 Å². The molecule has 0 spiro atoms. The highest BCUT2D eigenvalue weighted by molar-refractivity contribution is 5.39. The van der Waals surface area contributed by atoms with Crippen molar-refractivity contribution >= 4 is 0 Å². The zero-order valence-electron chi connectivity index (χ0n) is 11.7. The van der Waals surface area contributed by atoms with Gasteiger partial charge in [0.25, 0.3) is 0 Å². The van der Waals surface area contributed by atoms with E-state index in [4.69, 9.17) is 10.5 Å². The van der Waals surface area contributed by atoms with Crippen molar-refractivity contribution in [1.29, 1.82) is 0 Å². The number of methoxy groups -OCH3 is 1. The maximum absolute atomic E-state index is 6.29. The van der Waals surface area contributed by atoms with Gasteiger partial charge in [0.05, 0.1) is 25.0 Å². The summed E-state index contributed by atoms with van der Waals surface area (Å²) in [6.07, 6.45) is 1.68. The molecule has 2 aromatic carbocycles. The van der Waals surface area contributed by atoms with Crippen LogP contribution in [0.25, 0.3) is 5.69 Å². The van der Waals surface area contributed by atoms with Crippen molar-refractivity contribution in [1.82, 2.24) is 15.0 Å². The minimum absolute atomic E-state index is 0.376. The predicted octanol–water partition coefficient (Wildman–Crippen LogP) is 2.32. The van der Waals surface area contributed by atoms with Gasteiger partial charge in [-0.15, -0.1) is 0 Å². The Balaban J connectivity index is 1.93. The molecule has 0 bridgehead atoms. The fourth-order valence-corrected chi connectivity index (χ4v) is 2.19. The molecule has 2 N–H and O–H groups in total. The number of ether oxygens (including phenoxy) is 1. The van der Waals surface area contributed by atoms with Crippen LogP contribution in [0.4, 0.5) is 0 Å². The lowest BCUT2D eigenvalue weighted by molar-refractivity contribution is 0.407. The van der Waals surface area contributed by atoms with E-state index in [1.165, 1.54) is 0 Å². The van der Waals surface area contributed by atoms with Crippen LogP contribution in [0, 0.1) is 0 Å². The van der Waals surface area contributed by atoms with Crippen molar-refractivity contribution in [2.75, 3.05) is 7.11 Å². The van der Waals surface area contributed by atoms with E-state index < -0.39 is 0 Å². The van der Waals surface area contributed by atoms with E-state index in [9.17, 15) is 0 Å². The lowest BCUT2D eigenvalue weighted by atomic mass is 10.0. The summed E-state index contributed by atoms with van der Waals surface area (Å²) >= 11 is 0. The van der Waals surface area contributed by atoms with E-state index in [-0.39, 0.29) is 6.04 Å². The number of para-hydroxylation sites is 2. The quantitative estimate of drug-likeness (QED) is 0.796. The summed E-state index contributed by atoms with van der Waals surface area (Å²) < 4.78 is 5.34. The Morgan fingerprint density at radius 2 is 1.76 bits per heavy atom. The second-order valence-electron chi connectivity index (χ2n) is 4.61. The molecule has 0 radical (unpaired) electrons. The van der Waals surface area contributed by atoms with Crippen molar-refractivity contribution in [2.24, 2.45) is 5.73 Å². The van der Waals surface area contributed by atoms with E-state index >= 15 is 0 Å². The van der Waals surface area contributed by atoms with Gasteiger partial charge in [0.15, 0.2) is 0 Å². The van der Waals surface area contributed by atoms with E-state index in [0.717, 1.165) is 17.0 Å². The molecule has 3 aromatic rings. The molecule has 0 aliphatic heterocycles. The standard InChI is InChI=1S/C16H16N4O/c1-21-15-10-6-5-9-13(15)16(17)14-11-18-20(19-14)12-7-3-2-4-8-12/h2-11,16H,17H2,1H3. The van der Waals surface area contributed by atoms with Gasteiger partial charge >= 0.3 is 0 Å². The lowest BCUT2D eigenvalue weighted by Crippen LogP contribution is -2.14. The second kappa shape index (κ2) is 5.76. The molecular weight excluding hydrogens is 264 g/mol. The van der Waals surface area contributed by atoms with E-state index in [2.05, 4.69) is 10.2 Å². The van der Waals surface area contributed by atoms with Crippen molar-refractivity contribution < 1.29 is 4.74 Å². The van der Waals surface area contributed by atoms with Crippen LogP contribution in [0.15, 0.2) is 60.8 Å². The van der Waals surface area contributed by atoms with Gasteiger partial charge in [0, 0.05) is 5.56 Å². The van der Waals surface area contributed by atoms with Gasteiger partial charge in [0.2, 0.25) is 0 Å². The molecule has 1 atom stereocenters. The molecule has 106 valence electrons. The minimum Gasteiger partial charge on any atom is -0.496 e. The van der Waals surface area contributed by atoms with Crippen LogP contribution in [0.3, 0.4) is 0 Å². The van der Waals surface area contributed by atoms with Crippen LogP contribution in [0.1, 0.15) is 17.3 Å². The average Bonchev–Trinajstić information content (AvgIpc) is 3.05. The average molecular weight is 280 g/mol. The van der Waals surface area contributed by atoms with Crippen LogP contribution < -0.4 is 10.5 Å². The molecule has 1 aromatic heterocycles. The Hall–Kier alpha value is -2.66. The van der Waals surface area contributed by atoms with Gasteiger partial charge in [-0.25, -0.2) is 0 Å². The normalized spacial score (nSPS) is 12.1. The lowest BCUT2D eigenvalue weighted by Gasteiger charge is -2.13. The number of rotatable bonds is 4. The first-order valence-corrected chi connectivity index (χ1v) is 6.66. The number of aromatic nitrogens is 3. The summed E-state index contributed by atoms with van der Waals surface area (Å²) in [6, 6.07) is 17.0. The first-order valence-electron chi connectivity index (χ1n) is 6.66. The minimum atomic E-state index is -0.376. The molecule has 5 heteroatoms. The Kier molecular flexibility index (Phi) is 3.66. The third-order valence-electron chi connectivity index (χ3n) is 3.29. The predicted molar refractivity (Wildman–Crippen MR) is 80.4 cm³/mol. The fourth-order valence-electron chi connectivity index (χ4n) is 2.19. The van der Waals surface area contributed by atoms with Crippen LogP contribution in [-0.2, 0) is 0 Å². The molecule has 5 nitrogen and oxygen atoms in total. The molecule has 1 heterocycles. The third-order valence-corrected chi connectivity index (χ3v) is 3.29. The van der Waals surface area contributed by atoms with Gasteiger partial charge in [0.1, 0.15) is 11.4 Å². The molecule has 3 rings (SSSR count). The Morgan fingerprint density at radius 3 is 2.52 bits per heavy atom. The molecule has 0 aliphatic rings. The number of nitrogens with zero attached hydrogens (tertiary/aromatic N) is 3. The van der Waals surface area contributed by atoms with Crippen LogP contribution in [0.2, 0.25) is 0 Å². The highest BCUT2D eigenvalue weighted by atomic mass is 16.5. The summed E-state index contributed by atoms with van der Waals surface area (Å²) in [7, 11) is 1.63. The molecular formula is C16H16N4O. The van der Waals surface area contributed by atoms with Crippen molar-refractivity contribution in [2.45, 2.75) is 6.04 Å². The first kappa shape index (κ1) is 13.3. The maximum atomic E-state index is 6.29. The topological polar surface area (TPSA) is 66.0 Å². The number of benzene rings is 2. The monoisotopic (exact) mass is 280 g/mol. The van der Waals surface area contributed by atoms with Crippen LogP contribution >= 0.6 is 0 Å². The Morgan fingerprint density at radius 1 is 1.05 bits per heavy atom. The number of hydrogen-bond donors (Lipinski definition) is 1. The SMILES string of the molecule is COc1ccccc1C(N)c1cnn(-c2ccccc2)n1. The molecule has 1 unspecified atom stereocenters. The molecule has 0 amide bonds. The summed E-state index contributed by atoms with van der Waals surface area (Å²) in [5.74, 6) is 0.749. The van der Waals surface area contributed by atoms with Gasteiger partial charge in [-0.3, -0.25) is 0 Å². The number of nitrogens with two attached hydrogens (primary N) is 1. The molecule has 0 saturated heterocycles. The van der Waals surface area contributed by atoms with Crippen LogP contribution in [-0.4, -0.2) is 22.1 Å². The summed E-state index contributed by atoms with van der Waals surface area (Å²) in [6.45, 7) is 0. The molecule has 0 fully saturated rings. The second-order valence-corrected chi connectivity index (χ2v) is 4.61. The molecule has 21 heavy (non-hydrogen) atoms. The Bertz CT molecular complexity index is 724. The summed E-state index contributed by atoms with van der Waals surface area (Å²) in [4.78, 5) is 1.57. The van der Waals surface area contributed by atoms with Crippen molar-refractivity contribution in [3.8, 4) is 11.4 Å². The Labute approximate surface area is 123 Å². The smallest absolute Gasteiger partial charge is 0.124 e. The number of hydrogen-bond acceptors (Lipinski definition) is 4. The first-order chi connectivity index (χ1) is 10.3. The van der Waals surface area contributed by atoms with Gasteiger partial charge < -0.3 is 10.5 Å². The zero-order chi connectivity index (χ0) is 14.7. The third kappa shape index (κ3) is 2.64. The van der Waals surface area contributed by atoms with Gasteiger partial charge in [-0.05, 0) is 18.2 Å². The molecule has 0 aliphatic carbocycles. The van der Waals surface area contributed by atoms with Crippen molar-refractivity contribution in [3.05, 3.63) is 72.1 Å². The highest BCUT2D eigenvalue weighted by Crippen LogP contribution is 2.26. The molecule has 0 saturated carbocycles. The van der Waals surface area contributed by atoms with Crippen molar-refractivity contribution in [3.63, 3.8) is 0 Å². The van der Waals surface area contributed by atoms with Gasteiger partial charge in [-0.2, -0.15) is 15.0 Å². The van der Waals surface area contributed by atoms with E-state index in [1.807, 2.05) is 54.6 Å². The van der Waals surface area contributed by atoms with E-state index in [1.54, 1.807) is 18.1 Å². The summed E-state index contributed by atoms with van der Waals surface area (Å²) in [5, 5.41) is 8.73.